The number of carboxylic acid groups (broad SMARTS) is 1. The fourth-order valence-electron chi connectivity index (χ4n) is 2.73. The number of nitrogens with one attached hydrogen (secondary N) is 1. The van der Waals surface area contributed by atoms with Crippen molar-refractivity contribution in [2.24, 2.45) is 5.92 Å². The number of carbonyl (C=O) groups excluding carboxylic acids is 2. The van der Waals surface area contributed by atoms with Crippen LogP contribution in [0.25, 0.3) is 0 Å². The van der Waals surface area contributed by atoms with E-state index in [-0.39, 0.29) is 28.7 Å². The number of rotatable bonds is 6. The van der Waals surface area contributed by atoms with E-state index in [1.165, 1.54) is 12.1 Å². The quantitative estimate of drug-likeness (QED) is 0.754. The van der Waals surface area contributed by atoms with E-state index in [0.717, 1.165) is 24.2 Å². The van der Waals surface area contributed by atoms with Crippen LogP contribution in [0.2, 0.25) is 0 Å². The maximum absolute atomic E-state index is 12.7. The fourth-order valence-corrected chi connectivity index (χ4v) is 3.53. The van der Waals surface area contributed by atoms with Crippen LogP contribution in [0.1, 0.15) is 39.1 Å². The molecule has 0 aromatic carbocycles. The van der Waals surface area contributed by atoms with Crippen molar-refractivity contribution in [3.63, 3.8) is 0 Å². The van der Waals surface area contributed by atoms with Crippen molar-refractivity contribution in [2.45, 2.75) is 25.8 Å². The number of likely N-dealkylation sites (tertiary alicyclic amines) is 1. The van der Waals surface area contributed by atoms with E-state index in [1.807, 2.05) is 6.92 Å². The first-order valence-electron chi connectivity index (χ1n) is 7.84. The van der Waals surface area contributed by atoms with Gasteiger partial charge in [-0.2, -0.15) is 0 Å². The molecule has 24 heavy (non-hydrogen) atoms. The highest BCUT2D eigenvalue weighted by Gasteiger charge is 2.33. The first kappa shape index (κ1) is 18.4. The van der Waals surface area contributed by atoms with Gasteiger partial charge in [0, 0.05) is 26.2 Å². The molecular formula is C16H22N2O5S. The lowest BCUT2D eigenvalue weighted by atomic mass is 9.92. The summed E-state index contributed by atoms with van der Waals surface area (Å²) in [6.45, 7) is 3.19. The van der Waals surface area contributed by atoms with Crippen LogP contribution in [-0.4, -0.2) is 60.6 Å². The third-order valence-electron chi connectivity index (χ3n) is 4.15. The van der Waals surface area contributed by atoms with Crippen LogP contribution in [-0.2, 0) is 9.53 Å². The van der Waals surface area contributed by atoms with Crippen LogP contribution in [0.3, 0.4) is 0 Å². The van der Waals surface area contributed by atoms with Gasteiger partial charge in [0.25, 0.3) is 5.91 Å². The number of nitrogens with zero attached hydrogens (tertiary/aromatic N) is 1. The van der Waals surface area contributed by atoms with Gasteiger partial charge in [0.2, 0.25) is 5.91 Å². The Hall–Kier alpha value is -1.93. The lowest BCUT2D eigenvalue weighted by Gasteiger charge is -2.37. The number of thiophene rings is 1. The summed E-state index contributed by atoms with van der Waals surface area (Å²) >= 11 is 0.963. The van der Waals surface area contributed by atoms with E-state index in [4.69, 9.17) is 9.84 Å². The smallest absolute Gasteiger partial charge is 0.345 e. The van der Waals surface area contributed by atoms with Gasteiger partial charge in [-0.25, -0.2) is 4.79 Å². The first-order valence-corrected chi connectivity index (χ1v) is 8.66. The van der Waals surface area contributed by atoms with Gasteiger partial charge >= 0.3 is 5.97 Å². The van der Waals surface area contributed by atoms with E-state index in [2.05, 4.69) is 5.32 Å². The second kappa shape index (κ2) is 8.25. The topological polar surface area (TPSA) is 95.9 Å². The van der Waals surface area contributed by atoms with Crippen molar-refractivity contribution < 1.29 is 24.2 Å². The lowest BCUT2D eigenvalue weighted by Crippen LogP contribution is -2.49. The maximum Gasteiger partial charge on any atom is 0.345 e. The molecule has 8 heteroatoms. The van der Waals surface area contributed by atoms with Crippen molar-refractivity contribution in [1.82, 2.24) is 10.2 Å². The molecule has 1 aliphatic heterocycles. The van der Waals surface area contributed by atoms with Crippen molar-refractivity contribution >= 4 is 29.1 Å². The summed E-state index contributed by atoms with van der Waals surface area (Å²) in [4.78, 5) is 38.0. The van der Waals surface area contributed by atoms with Crippen LogP contribution in [0, 0.1) is 5.92 Å². The average Bonchev–Trinajstić information content (AvgIpc) is 3.05. The summed E-state index contributed by atoms with van der Waals surface area (Å²) < 4.78 is 4.91. The molecule has 1 aromatic rings. The molecule has 0 spiro atoms. The Kier molecular flexibility index (Phi) is 6.33. The molecule has 2 heterocycles. The Labute approximate surface area is 144 Å². The van der Waals surface area contributed by atoms with Crippen molar-refractivity contribution in [3.05, 3.63) is 21.9 Å². The number of ether oxygens (including phenoxy) is 1. The normalized spacial score (nSPS) is 20.7. The van der Waals surface area contributed by atoms with Gasteiger partial charge in [0.1, 0.15) is 4.88 Å². The summed E-state index contributed by atoms with van der Waals surface area (Å²) in [7, 11) is 1.57. The van der Waals surface area contributed by atoms with E-state index in [1.54, 1.807) is 12.0 Å². The summed E-state index contributed by atoms with van der Waals surface area (Å²) in [6, 6.07) is 2.99. The minimum atomic E-state index is -1.04. The monoisotopic (exact) mass is 354 g/mol. The molecule has 132 valence electrons. The number of carbonyl (C=O) groups is 3. The fraction of sp³-hybridized carbons (Fsp3) is 0.562. The molecule has 0 radical (unpaired) electrons. The third kappa shape index (κ3) is 4.33. The molecule has 0 aliphatic carbocycles. The molecule has 2 atom stereocenters. The van der Waals surface area contributed by atoms with Gasteiger partial charge in [-0.05, 0) is 31.9 Å². The minimum absolute atomic E-state index is 0.0240. The lowest BCUT2D eigenvalue weighted by molar-refractivity contribution is -0.126. The van der Waals surface area contributed by atoms with Crippen molar-refractivity contribution in [3.8, 4) is 0 Å². The molecule has 0 bridgehead atoms. The maximum atomic E-state index is 12.7. The highest BCUT2D eigenvalue weighted by atomic mass is 32.1. The standard InChI is InChI=1S/C16H22N2O5S/c1-10-3-4-11(14(19)17-7-8-23-2)9-18(10)15(20)12-5-6-13(24-12)16(21)22/h5-6,10-11H,3-4,7-9H2,1-2H3,(H,17,19)(H,21,22). The highest BCUT2D eigenvalue weighted by molar-refractivity contribution is 7.15. The molecule has 0 saturated carbocycles. The Morgan fingerprint density at radius 2 is 2.04 bits per heavy atom. The van der Waals surface area contributed by atoms with Gasteiger partial charge < -0.3 is 20.1 Å². The first-order chi connectivity index (χ1) is 11.4. The number of amides is 2. The molecule has 2 rings (SSSR count). The van der Waals surface area contributed by atoms with E-state index in [0.29, 0.717) is 24.6 Å². The molecule has 1 fully saturated rings. The van der Waals surface area contributed by atoms with E-state index >= 15 is 0 Å². The summed E-state index contributed by atoms with van der Waals surface area (Å²) in [5, 5.41) is 11.8. The number of carboxylic acids is 1. The molecule has 2 unspecified atom stereocenters. The van der Waals surface area contributed by atoms with Gasteiger partial charge in [-0.1, -0.05) is 0 Å². The van der Waals surface area contributed by atoms with Crippen LogP contribution in [0.5, 0.6) is 0 Å². The zero-order valence-electron chi connectivity index (χ0n) is 13.8. The molecule has 1 aromatic heterocycles. The molecule has 1 aliphatic rings. The summed E-state index contributed by atoms with van der Waals surface area (Å²) in [5.74, 6) is -1.58. The predicted octanol–water partition coefficient (Wildman–Crippen LogP) is 1.45. The summed E-state index contributed by atoms with van der Waals surface area (Å²) in [5.41, 5.74) is 0. The van der Waals surface area contributed by atoms with Crippen LogP contribution in [0.15, 0.2) is 12.1 Å². The van der Waals surface area contributed by atoms with Crippen LogP contribution in [0.4, 0.5) is 0 Å². The number of hydrogen-bond acceptors (Lipinski definition) is 5. The highest BCUT2D eigenvalue weighted by Crippen LogP contribution is 2.26. The van der Waals surface area contributed by atoms with Crippen molar-refractivity contribution in [2.75, 3.05) is 26.8 Å². The van der Waals surface area contributed by atoms with Gasteiger partial charge in [0.05, 0.1) is 17.4 Å². The minimum Gasteiger partial charge on any atom is -0.477 e. The number of aromatic carboxylic acids is 1. The third-order valence-corrected chi connectivity index (χ3v) is 5.21. The second-order valence-electron chi connectivity index (χ2n) is 5.83. The van der Waals surface area contributed by atoms with Gasteiger partial charge in [-0.3, -0.25) is 9.59 Å². The largest absolute Gasteiger partial charge is 0.477 e. The molecule has 2 amide bonds. The summed E-state index contributed by atoms with van der Waals surface area (Å²) in [6.07, 6.45) is 1.47. The number of methoxy groups -OCH3 is 1. The SMILES string of the molecule is COCCNC(=O)C1CCC(C)N(C(=O)c2ccc(C(=O)O)s2)C1. The zero-order valence-corrected chi connectivity index (χ0v) is 14.6. The molecule has 2 N–H and O–H groups in total. The number of piperidine rings is 1. The van der Waals surface area contributed by atoms with Gasteiger partial charge in [-0.15, -0.1) is 11.3 Å². The van der Waals surface area contributed by atoms with E-state index in [9.17, 15) is 14.4 Å². The van der Waals surface area contributed by atoms with Crippen molar-refractivity contribution in [1.29, 1.82) is 0 Å². The Morgan fingerprint density at radius 3 is 2.67 bits per heavy atom. The van der Waals surface area contributed by atoms with E-state index < -0.39 is 5.97 Å². The van der Waals surface area contributed by atoms with Gasteiger partial charge in [0.15, 0.2) is 0 Å². The number of hydrogen-bond donors (Lipinski definition) is 2. The molecule has 7 nitrogen and oxygen atoms in total. The van der Waals surface area contributed by atoms with Crippen LogP contribution >= 0.6 is 11.3 Å². The predicted molar refractivity (Wildman–Crippen MR) is 89.4 cm³/mol. The Balaban J connectivity index is 2.03. The average molecular weight is 354 g/mol. The Bertz CT molecular complexity index is 615. The molecule has 1 saturated heterocycles. The second-order valence-corrected chi connectivity index (χ2v) is 6.92. The molecular weight excluding hydrogens is 332 g/mol. The van der Waals surface area contributed by atoms with Crippen LogP contribution < -0.4 is 5.32 Å². The zero-order chi connectivity index (χ0) is 17.7. The Morgan fingerprint density at radius 1 is 1.33 bits per heavy atom.